The lowest BCUT2D eigenvalue weighted by atomic mass is 10.0. The lowest BCUT2D eigenvalue weighted by molar-refractivity contribution is 0.317. The van der Waals surface area contributed by atoms with Crippen molar-refractivity contribution >= 4 is 0 Å². The predicted octanol–water partition coefficient (Wildman–Crippen LogP) is 2.54. The smallest absolute Gasteiger partial charge is 0.136 e. The van der Waals surface area contributed by atoms with Crippen molar-refractivity contribution in [3.63, 3.8) is 0 Å². The van der Waals surface area contributed by atoms with Crippen LogP contribution >= 0.6 is 0 Å². The van der Waals surface area contributed by atoms with Crippen molar-refractivity contribution in [2.24, 2.45) is 5.73 Å². The molecule has 0 heterocycles. The van der Waals surface area contributed by atoms with Gasteiger partial charge in [-0.05, 0) is 43.4 Å². The van der Waals surface area contributed by atoms with Crippen LogP contribution in [0.1, 0.15) is 30.4 Å². The Hall–Kier alpha value is -0.890. The molecule has 0 aromatic heterocycles. The van der Waals surface area contributed by atoms with Crippen molar-refractivity contribution in [3.8, 4) is 0 Å². The maximum Gasteiger partial charge on any atom is 0.136 e. The molecule has 0 spiro atoms. The summed E-state index contributed by atoms with van der Waals surface area (Å²) >= 11 is 0. The van der Waals surface area contributed by atoms with E-state index in [4.69, 9.17) is 5.73 Å². The highest BCUT2D eigenvalue weighted by Crippen LogP contribution is 2.49. The molecule has 0 aliphatic heterocycles. The Bertz CT molecular complexity index is 301. The van der Waals surface area contributed by atoms with Gasteiger partial charge >= 0.3 is 0 Å². The first-order valence-electron chi connectivity index (χ1n) is 5.23. The van der Waals surface area contributed by atoms with Crippen molar-refractivity contribution in [1.29, 1.82) is 0 Å². The van der Waals surface area contributed by atoms with Crippen molar-refractivity contribution in [2.45, 2.75) is 31.4 Å². The Morgan fingerprint density at radius 3 is 2.36 bits per heavy atom. The molecule has 1 aliphatic carbocycles. The minimum absolute atomic E-state index is 0.690. The minimum Gasteiger partial charge on any atom is -0.330 e. The number of alkyl halides is 1. The second-order valence-electron chi connectivity index (χ2n) is 4.05. The van der Waals surface area contributed by atoms with Gasteiger partial charge < -0.3 is 5.73 Å². The summed E-state index contributed by atoms with van der Waals surface area (Å²) in [6.45, 7) is 0.717. The largest absolute Gasteiger partial charge is 0.330 e. The van der Waals surface area contributed by atoms with Crippen LogP contribution in [-0.4, -0.2) is 6.54 Å². The summed E-state index contributed by atoms with van der Waals surface area (Å²) in [5, 5.41) is 0. The van der Waals surface area contributed by atoms with Crippen LogP contribution < -0.4 is 5.73 Å². The van der Waals surface area contributed by atoms with E-state index in [-0.39, 0.29) is 0 Å². The van der Waals surface area contributed by atoms with Crippen molar-refractivity contribution in [3.05, 3.63) is 35.4 Å². The molecule has 2 heteroatoms. The maximum absolute atomic E-state index is 13.6. The van der Waals surface area contributed by atoms with Gasteiger partial charge in [-0.15, -0.1) is 0 Å². The van der Waals surface area contributed by atoms with Gasteiger partial charge in [-0.1, -0.05) is 24.3 Å². The van der Waals surface area contributed by atoms with E-state index in [9.17, 15) is 4.39 Å². The lowest BCUT2D eigenvalue weighted by Crippen LogP contribution is -2.01. The zero-order valence-corrected chi connectivity index (χ0v) is 8.30. The zero-order valence-electron chi connectivity index (χ0n) is 8.30. The summed E-state index contributed by atoms with van der Waals surface area (Å²) in [5.74, 6) is 0. The summed E-state index contributed by atoms with van der Waals surface area (Å²) in [6.07, 6.45) is 3.38. The van der Waals surface area contributed by atoms with Gasteiger partial charge in [-0.2, -0.15) is 0 Å². The highest BCUT2D eigenvalue weighted by molar-refractivity contribution is 5.30. The first kappa shape index (κ1) is 9.66. The van der Waals surface area contributed by atoms with Crippen LogP contribution in [0, 0.1) is 0 Å². The van der Waals surface area contributed by atoms with Crippen LogP contribution in [0.15, 0.2) is 24.3 Å². The molecule has 2 N–H and O–H groups in total. The monoisotopic (exact) mass is 193 g/mol. The number of rotatable bonds is 4. The van der Waals surface area contributed by atoms with Gasteiger partial charge in [-0.25, -0.2) is 4.39 Å². The average Bonchev–Trinajstić information content (AvgIpc) is 2.96. The van der Waals surface area contributed by atoms with Gasteiger partial charge in [0.1, 0.15) is 5.67 Å². The molecule has 1 aromatic carbocycles. The molecule has 0 atom stereocenters. The van der Waals surface area contributed by atoms with Gasteiger partial charge in [0.05, 0.1) is 0 Å². The molecule has 0 bridgehead atoms. The Morgan fingerprint density at radius 1 is 1.21 bits per heavy atom. The first-order valence-corrected chi connectivity index (χ1v) is 5.23. The molecule has 1 aromatic rings. The Balaban J connectivity index is 2.03. The molecule has 1 saturated carbocycles. The van der Waals surface area contributed by atoms with Crippen molar-refractivity contribution < 1.29 is 4.39 Å². The third kappa shape index (κ3) is 1.95. The number of benzene rings is 1. The zero-order chi connectivity index (χ0) is 10.0. The minimum atomic E-state index is -0.994. The standard InChI is InChI=1S/C12H16FN/c13-12(7-8-12)11-5-3-10(4-6-11)2-1-9-14/h3-6H,1-2,7-9,14H2. The van der Waals surface area contributed by atoms with E-state index in [0.29, 0.717) is 12.8 Å². The summed E-state index contributed by atoms with van der Waals surface area (Å²) in [4.78, 5) is 0. The van der Waals surface area contributed by atoms with E-state index in [1.54, 1.807) is 0 Å². The molecular weight excluding hydrogens is 177 g/mol. The van der Waals surface area contributed by atoms with Gasteiger partial charge in [0, 0.05) is 0 Å². The predicted molar refractivity (Wildman–Crippen MR) is 55.8 cm³/mol. The third-order valence-electron chi connectivity index (χ3n) is 2.83. The lowest BCUT2D eigenvalue weighted by Gasteiger charge is -2.06. The summed E-state index contributed by atoms with van der Waals surface area (Å²) in [6, 6.07) is 7.87. The number of aryl methyl sites for hydroxylation is 1. The summed E-state index contributed by atoms with van der Waals surface area (Å²) < 4.78 is 13.6. The molecule has 1 nitrogen and oxygen atoms in total. The van der Waals surface area contributed by atoms with E-state index >= 15 is 0 Å². The van der Waals surface area contributed by atoms with Crippen LogP contribution in [0.25, 0.3) is 0 Å². The van der Waals surface area contributed by atoms with E-state index in [0.717, 1.165) is 24.9 Å². The third-order valence-corrected chi connectivity index (χ3v) is 2.83. The summed E-state index contributed by atoms with van der Waals surface area (Å²) in [7, 11) is 0. The molecular formula is C12H16FN. The summed E-state index contributed by atoms with van der Waals surface area (Å²) in [5.41, 5.74) is 6.53. The fourth-order valence-corrected chi connectivity index (χ4v) is 1.67. The molecule has 1 fully saturated rings. The van der Waals surface area contributed by atoms with Crippen LogP contribution in [-0.2, 0) is 12.1 Å². The second-order valence-corrected chi connectivity index (χ2v) is 4.05. The van der Waals surface area contributed by atoms with Crippen molar-refractivity contribution in [1.82, 2.24) is 0 Å². The number of nitrogens with two attached hydrogens (primary N) is 1. The van der Waals surface area contributed by atoms with Gasteiger partial charge in [0.15, 0.2) is 0 Å². The van der Waals surface area contributed by atoms with Crippen LogP contribution in [0.4, 0.5) is 4.39 Å². The fraction of sp³-hybridized carbons (Fsp3) is 0.500. The fourth-order valence-electron chi connectivity index (χ4n) is 1.67. The quantitative estimate of drug-likeness (QED) is 0.781. The molecule has 0 amide bonds. The highest BCUT2D eigenvalue weighted by atomic mass is 19.1. The second kappa shape index (κ2) is 3.70. The van der Waals surface area contributed by atoms with E-state index < -0.39 is 5.67 Å². The molecule has 0 saturated heterocycles. The molecule has 2 rings (SSSR count). The molecule has 0 radical (unpaired) electrons. The van der Waals surface area contributed by atoms with E-state index in [1.165, 1.54) is 5.56 Å². The Labute approximate surface area is 84.1 Å². The molecule has 0 unspecified atom stereocenters. The van der Waals surface area contributed by atoms with E-state index in [2.05, 4.69) is 0 Å². The number of hydrogen-bond donors (Lipinski definition) is 1. The normalized spacial score (nSPS) is 18.1. The first-order chi connectivity index (χ1) is 6.74. The van der Waals surface area contributed by atoms with Gasteiger partial charge in [0.25, 0.3) is 0 Å². The molecule has 1 aliphatic rings. The average molecular weight is 193 g/mol. The SMILES string of the molecule is NCCCc1ccc(C2(F)CC2)cc1. The highest BCUT2D eigenvalue weighted by Gasteiger charge is 2.44. The van der Waals surface area contributed by atoms with Crippen LogP contribution in [0.3, 0.4) is 0 Å². The Kier molecular flexibility index (Phi) is 2.55. The topological polar surface area (TPSA) is 26.0 Å². The van der Waals surface area contributed by atoms with Gasteiger partial charge in [-0.3, -0.25) is 0 Å². The van der Waals surface area contributed by atoms with E-state index in [1.807, 2.05) is 24.3 Å². The van der Waals surface area contributed by atoms with Crippen LogP contribution in [0.2, 0.25) is 0 Å². The molecule has 14 heavy (non-hydrogen) atoms. The van der Waals surface area contributed by atoms with Gasteiger partial charge in [0.2, 0.25) is 0 Å². The Morgan fingerprint density at radius 2 is 1.86 bits per heavy atom. The maximum atomic E-state index is 13.6. The van der Waals surface area contributed by atoms with Crippen LogP contribution in [0.5, 0.6) is 0 Å². The molecule has 76 valence electrons. The van der Waals surface area contributed by atoms with Crippen molar-refractivity contribution in [2.75, 3.05) is 6.54 Å². The number of halogens is 1. The number of hydrogen-bond acceptors (Lipinski definition) is 1.